The maximum Gasteiger partial charge on any atom is 0.326 e. The molecule has 0 aromatic heterocycles. The summed E-state index contributed by atoms with van der Waals surface area (Å²) in [6.07, 6.45) is 0. The lowest BCUT2D eigenvalue weighted by atomic mass is 10.1. The Morgan fingerprint density at radius 3 is 2.67 bits per heavy atom. The molecule has 0 unspecified atom stereocenters. The summed E-state index contributed by atoms with van der Waals surface area (Å²) in [5.41, 5.74) is 2.49. The fourth-order valence-corrected chi connectivity index (χ4v) is 2.64. The van der Waals surface area contributed by atoms with Crippen molar-refractivity contribution in [2.75, 3.05) is 37.6 Å². The van der Waals surface area contributed by atoms with Gasteiger partial charge in [-0.15, -0.1) is 0 Å². The Bertz CT molecular complexity index is 761. The second-order valence-corrected chi connectivity index (χ2v) is 5.47. The van der Waals surface area contributed by atoms with Crippen molar-refractivity contribution in [1.29, 1.82) is 0 Å². The van der Waals surface area contributed by atoms with Crippen LogP contribution in [0.15, 0.2) is 36.4 Å². The van der Waals surface area contributed by atoms with Gasteiger partial charge in [0.05, 0.1) is 26.5 Å². The number of nitrogens with zero attached hydrogens (tertiary/aromatic N) is 1. The van der Waals surface area contributed by atoms with E-state index in [1.807, 2.05) is 25.1 Å². The number of hydrogen-bond donors (Lipinski definition) is 1. The topological polar surface area (TPSA) is 60.0 Å². The van der Waals surface area contributed by atoms with E-state index in [0.717, 1.165) is 11.3 Å². The van der Waals surface area contributed by atoms with Crippen LogP contribution in [0, 0.1) is 6.92 Å². The van der Waals surface area contributed by atoms with Crippen LogP contribution in [0.2, 0.25) is 0 Å². The number of hydrogen-bond acceptors (Lipinski definition) is 4. The van der Waals surface area contributed by atoms with E-state index in [4.69, 9.17) is 14.2 Å². The zero-order valence-electron chi connectivity index (χ0n) is 14.0. The summed E-state index contributed by atoms with van der Waals surface area (Å²) in [7, 11) is 3.13. The van der Waals surface area contributed by atoms with Crippen molar-refractivity contribution in [3.63, 3.8) is 0 Å². The van der Waals surface area contributed by atoms with Crippen LogP contribution >= 0.6 is 0 Å². The van der Waals surface area contributed by atoms with E-state index in [-0.39, 0.29) is 6.03 Å². The van der Waals surface area contributed by atoms with Gasteiger partial charge in [-0.2, -0.15) is 0 Å². The summed E-state index contributed by atoms with van der Waals surface area (Å²) in [4.78, 5) is 14.4. The lowest BCUT2D eigenvalue weighted by Crippen LogP contribution is -2.40. The van der Waals surface area contributed by atoms with Crippen molar-refractivity contribution in [2.24, 2.45) is 0 Å². The molecule has 0 aliphatic carbocycles. The summed E-state index contributed by atoms with van der Waals surface area (Å²) < 4.78 is 16.1. The van der Waals surface area contributed by atoms with Crippen molar-refractivity contribution < 1.29 is 19.0 Å². The molecule has 6 nitrogen and oxygen atoms in total. The third-order valence-electron chi connectivity index (χ3n) is 3.86. The maximum absolute atomic E-state index is 12.7. The fourth-order valence-electron chi connectivity index (χ4n) is 2.64. The van der Waals surface area contributed by atoms with Gasteiger partial charge in [-0.3, -0.25) is 4.90 Å². The molecule has 24 heavy (non-hydrogen) atoms. The highest BCUT2D eigenvalue weighted by atomic mass is 16.5. The summed E-state index contributed by atoms with van der Waals surface area (Å²) in [6.45, 7) is 2.95. The summed E-state index contributed by atoms with van der Waals surface area (Å²) in [6, 6.07) is 10.9. The molecule has 0 bridgehead atoms. The third kappa shape index (κ3) is 3.08. The molecule has 0 spiro atoms. The Kier molecular flexibility index (Phi) is 4.46. The average molecular weight is 328 g/mol. The van der Waals surface area contributed by atoms with Gasteiger partial charge in [0, 0.05) is 11.8 Å². The van der Waals surface area contributed by atoms with Crippen LogP contribution in [0.3, 0.4) is 0 Å². The van der Waals surface area contributed by atoms with Crippen LogP contribution < -0.4 is 24.4 Å². The number of nitrogens with one attached hydrogen (secondary N) is 1. The number of carbonyl (C=O) groups is 1. The number of urea groups is 1. The number of aryl methyl sites for hydroxylation is 1. The third-order valence-corrected chi connectivity index (χ3v) is 3.86. The minimum Gasteiger partial charge on any atom is -0.493 e. The lowest BCUT2D eigenvalue weighted by molar-refractivity contribution is 0.250. The minimum atomic E-state index is -0.211. The predicted octanol–water partition coefficient (Wildman–Crippen LogP) is 3.44. The number of ether oxygens (including phenoxy) is 3. The van der Waals surface area contributed by atoms with Crippen LogP contribution in [0.1, 0.15) is 5.56 Å². The van der Waals surface area contributed by atoms with Crippen LogP contribution in [0.5, 0.6) is 17.2 Å². The zero-order valence-corrected chi connectivity index (χ0v) is 14.0. The normalized spacial score (nSPS) is 12.9. The van der Waals surface area contributed by atoms with Crippen molar-refractivity contribution in [3.05, 3.63) is 42.0 Å². The highest BCUT2D eigenvalue weighted by Crippen LogP contribution is 2.34. The molecule has 0 atom stereocenters. The molecule has 0 fully saturated rings. The standard InChI is InChI=1S/C18H20N2O4/c1-12-4-6-15-14(10-12)20(8-9-24-15)18(21)19-13-5-7-16(22-2)17(11-13)23-3/h4-7,10-11H,8-9H2,1-3H3,(H,19,21). The van der Waals surface area contributed by atoms with E-state index < -0.39 is 0 Å². The first kappa shape index (κ1) is 16.0. The van der Waals surface area contributed by atoms with Gasteiger partial charge in [0.1, 0.15) is 12.4 Å². The van der Waals surface area contributed by atoms with Gasteiger partial charge in [-0.1, -0.05) is 6.07 Å². The smallest absolute Gasteiger partial charge is 0.326 e. The van der Waals surface area contributed by atoms with Gasteiger partial charge < -0.3 is 19.5 Å². The molecule has 0 radical (unpaired) electrons. The molecule has 126 valence electrons. The lowest BCUT2D eigenvalue weighted by Gasteiger charge is -2.30. The molecule has 2 aromatic rings. The molecule has 0 saturated heterocycles. The van der Waals surface area contributed by atoms with Gasteiger partial charge in [0.15, 0.2) is 11.5 Å². The quantitative estimate of drug-likeness (QED) is 0.937. The second-order valence-electron chi connectivity index (χ2n) is 5.47. The molecular formula is C18H20N2O4. The highest BCUT2D eigenvalue weighted by Gasteiger charge is 2.24. The van der Waals surface area contributed by atoms with E-state index in [1.165, 1.54) is 0 Å². The first-order chi connectivity index (χ1) is 11.6. The molecule has 2 aromatic carbocycles. The number of benzene rings is 2. The average Bonchev–Trinajstić information content (AvgIpc) is 2.60. The maximum atomic E-state index is 12.7. The summed E-state index contributed by atoms with van der Waals surface area (Å²) >= 11 is 0. The number of amides is 2. The van der Waals surface area contributed by atoms with Gasteiger partial charge in [0.25, 0.3) is 0 Å². The largest absolute Gasteiger partial charge is 0.493 e. The monoisotopic (exact) mass is 328 g/mol. The van der Waals surface area contributed by atoms with E-state index in [1.54, 1.807) is 37.3 Å². The molecule has 0 saturated carbocycles. The SMILES string of the molecule is COc1ccc(NC(=O)N2CCOc3ccc(C)cc32)cc1OC. The van der Waals surface area contributed by atoms with Crippen molar-refractivity contribution in [2.45, 2.75) is 6.92 Å². The minimum absolute atomic E-state index is 0.211. The molecular weight excluding hydrogens is 308 g/mol. The van der Waals surface area contributed by atoms with Crippen LogP contribution in [-0.4, -0.2) is 33.4 Å². The predicted molar refractivity (Wildman–Crippen MR) is 92.6 cm³/mol. The Hall–Kier alpha value is -2.89. The molecule has 1 aliphatic rings. The second kappa shape index (κ2) is 6.70. The number of fused-ring (bicyclic) bond motifs is 1. The Labute approximate surface area is 140 Å². The van der Waals surface area contributed by atoms with E-state index in [0.29, 0.717) is 36.1 Å². The van der Waals surface area contributed by atoms with Crippen LogP contribution in [-0.2, 0) is 0 Å². The number of carbonyl (C=O) groups excluding carboxylic acids is 1. The van der Waals surface area contributed by atoms with Crippen molar-refractivity contribution >= 4 is 17.4 Å². The molecule has 3 rings (SSSR count). The summed E-state index contributed by atoms with van der Waals surface area (Å²) in [5, 5.41) is 2.89. The van der Waals surface area contributed by atoms with E-state index >= 15 is 0 Å². The van der Waals surface area contributed by atoms with Gasteiger partial charge >= 0.3 is 6.03 Å². The summed E-state index contributed by atoms with van der Waals surface area (Å²) in [5.74, 6) is 1.89. The molecule has 2 amide bonds. The van der Waals surface area contributed by atoms with Crippen molar-refractivity contribution in [1.82, 2.24) is 0 Å². The van der Waals surface area contributed by atoms with Gasteiger partial charge in [-0.25, -0.2) is 4.79 Å². The zero-order chi connectivity index (χ0) is 17.1. The van der Waals surface area contributed by atoms with Crippen LogP contribution in [0.25, 0.3) is 0 Å². The Morgan fingerprint density at radius 2 is 1.92 bits per heavy atom. The van der Waals surface area contributed by atoms with E-state index in [9.17, 15) is 4.79 Å². The Balaban J connectivity index is 1.83. The first-order valence-corrected chi connectivity index (χ1v) is 7.66. The number of rotatable bonds is 3. The van der Waals surface area contributed by atoms with E-state index in [2.05, 4.69) is 5.32 Å². The van der Waals surface area contributed by atoms with Crippen LogP contribution in [0.4, 0.5) is 16.2 Å². The molecule has 1 N–H and O–H groups in total. The number of methoxy groups -OCH3 is 2. The van der Waals surface area contributed by atoms with Gasteiger partial charge in [-0.05, 0) is 36.8 Å². The molecule has 6 heteroatoms. The Morgan fingerprint density at radius 1 is 1.12 bits per heavy atom. The highest BCUT2D eigenvalue weighted by molar-refractivity contribution is 6.03. The van der Waals surface area contributed by atoms with Gasteiger partial charge in [0.2, 0.25) is 0 Å². The molecule has 1 heterocycles. The molecule has 1 aliphatic heterocycles. The first-order valence-electron chi connectivity index (χ1n) is 7.66. The van der Waals surface area contributed by atoms with Crippen molar-refractivity contribution in [3.8, 4) is 17.2 Å². The number of anilines is 2. The fraction of sp³-hybridized carbons (Fsp3) is 0.278.